The number of ether oxygens (including phenoxy) is 1. The fourth-order valence-electron chi connectivity index (χ4n) is 2.05. The Hall–Kier alpha value is -1.55. The fraction of sp³-hybridized carbons (Fsp3) is 0.462. The number of hydrogen-bond donors (Lipinski definition) is 0. The number of methoxy groups -OCH3 is 1. The summed E-state index contributed by atoms with van der Waals surface area (Å²) in [6, 6.07) is 7.64. The highest BCUT2D eigenvalue weighted by Crippen LogP contribution is 2.20. The quantitative estimate of drug-likeness (QED) is 0.774. The molecule has 1 aliphatic heterocycles. The van der Waals surface area contributed by atoms with Gasteiger partial charge < -0.3 is 9.64 Å². The first-order valence-corrected chi connectivity index (χ1v) is 5.83. The molecule has 0 unspecified atom stereocenters. The van der Waals surface area contributed by atoms with Gasteiger partial charge in [-0.15, -0.1) is 0 Å². The van der Waals surface area contributed by atoms with Crippen molar-refractivity contribution in [1.29, 1.82) is 0 Å². The fourth-order valence-corrected chi connectivity index (χ4v) is 2.05. The summed E-state index contributed by atoms with van der Waals surface area (Å²) < 4.78 is 5.11. The van der Waals surface area contributed by atoms with Crippen LogP contribution in [-0.2, 0) is 4.79 Å². The summed E-state index contributed by atoms with van der Waals surface area (Å²) in [7, 11) is 3.62. The van der Waals surface area contributed by atoms with E-state index in [2.05, 4.69) is 4.90 Å². The second-order valence-corrected chi connectivity index (χ2v) is 4.33. The molecule has 0 N–H and O–H groups in total. The Bertz CT molecular complexity index is 389. The average molecular weight is 234 g/mol. The van der Waals surface area contributed by atoms with Gasteiger partial charge in [-0.1, -0.05) is 0 Å². The number of carbonyl (C=O) groups excluding carboxylic acids is 1. The molecule has 92 valence electrons. The lowest BCUT2D eigenvalue weighted by atomic mass is 10.2. The van der Waals surface area contributed by atoms with Crippen LogP contribution in [0.25, 0.3) is 0 Å². The number of benzene rings is 1. The second kappa shape index (κ2) is 5.19. The number of rotatable bonds is 2. The highest BCUT2D eigenvalue weighted by Gasteiger charge is 2.20. The Labute approximate surface area is 102 Å². The van der Waals surface area contributed by atoms with E-state index in [1.165, 1.54) is 0 Å². The van der Waals surface area contributed by atoms with Gasteiger partial charge >= 0.3 is 0 Å². The molecule has 1 amide bonds. The van der Waals surface area contributed by atoms with E-state index in [0.29, 0.717) is 6.54 Å². The lowest BCUT2D eigenvalue weighted by Gasteiger charge is -2.20. The molecule has 0 radical (unpaired) electrons. The molecule has 1 heterocycles. The zero-order valence-corrected chi connectivity index (χ0v) is 10.3. The summed E-state index contributed by atoms with van der Waals surface area (Å²) in [5, 5.41) is 0. The Morgan fingerprint density at radius 1 is 1.18 bits per heavy atom. The van der Waals surface area contributed by atoms with Crippen molar-refractivity contribution in [3.05, 3.63) is 24.3 Å². The molecular formula is C13H18N2O2. The van der Waals surface area contributed by atoms with Crippen LogP contribution in [-0.4, -0.2) is 44.6 Å². The summed E-state index contributed by atoms with van der Waals surface area (Å²) >= 11 is 0. The van der Waals surface area contributed by atoms with Crippen molar-refractivity contribution < 1.29 is 9.53 Å². The molecule has 0 aromatic heterocycles. The molecule has 2 rings (SSSR count). The van der Waals surface area contributed by atoms with Gasteiger partial charge in [0.25, 0.3) is 0 Å². The molecular weight excluding hydrogens is 216 g/mol. The molecule has 0 bridgehead atoms. The summed E-state index contributed by atoms with van der Waals surface area (Å²) in [4.78, 5) is 15.9. The van der Waals surface area contributed by atoms with Crippen molar-refractivity contribution in [2.75, 3.05) is 38.7 Å². The Morgan fingerprint density at radius 2 is 1.88 bits per heavy atom. The summed E-state index contributed by atoms with van der Waals surface area (Å²) in [5.41, 5.74) is 0.950. The Kier molecular flexibility index (Phi) is 3.64. The van der Waals surface area contributed by atoms with Gasteiger partial charge in [0.05, 0.1) is 13.7 Å². The van der Waals surface area contributed by atoms with E-state index < -0.39 is 0 Å². The first-order chi connectivity index (χ1) is 8.20. The number of amides is 1. The van der Waals surface area contributed by atoms with Crippen molar-refractivity contribution in [3.8, 4) is 5.75 Å². The third-order valence-corrected chi connectivity index (χ3v) is 3.01. The van der Waals surface area contributed by atoms with Crippen LogP contribution in [0.4, 0.5) is 5.69 Å². The van der Waals surface area contributed by atoms with Crippen LogP contribution in [0.2, 0.25) is 0 Å². The van der Waals surface area contributed by atoms with Crippen molar-refractivity contribution >= 4 is 11.6 Å². The molecule has 0 atom stereocenters. The normalized spacial score (nSPS) is 18.0. The van der Waals surface area contributed by atoms with Crippen molar-refractivity contribution in [3.63, 3.8) is 0 Å². The third-order valence-electron chi connectivity index (χ3n) is 3.01. The summed E-state index contributed by atoms with van der Waals surface area (Å²) in [6.45, 7) is 2.25. The summed E-state index contributed by atoms with van der Waals surface area (Å²) in [5.74, 6) is 0.975. The smallest absolute Gasteiger partial charge is 0.241 e. The molecule has 1 aromatic carbocycles. The number of nitrogens with zero attached hydrogens (tertiary/aromatic N) is 2. The van der Waals surface area contributed by atoms with Gasteiger partial charge in [-0.25, -0.2) is 0 Å². The maximum Gasteiger partial charge on any atom is 0.241 e. The van der Waals surface area contributed by atoms with Crippen molar-refractivity contribution in [1.82, 2.24) is 4.90 Å². The van der Waals surface area contributed by atoms with Crippen molar-refractivity contribution in [2.24, 2.45) is 0 Å². The first-order valence-electron chi connectivity index (χ1n) is 5.83. The van der Waals surface area contributed by atoms with E-state index in [-0.39, 0.29) is 5.91 Å². The molecule has 1 saturated heterocycles. The first kappa shape index (κ1) is 11.9. The van der Waals surface area contributed by atoms with Crippen molar-refractivity contribution in [2.45, 2.75) is 6.42 Å². The minimum absolute atomic E-state index is 0.162. The van der Waals surface area contributed by atoms with Gasteiger partial charge in [-0.05, 0) is 37.7 Å². The number of anilines is 1. The predicted octanol–water partition coefficient (Wildman–Crippen LogP) is 1.36. The Morgan fingerprint density at radius 3 is 2.53 bits per heavy atom. The minimum Gasteiger partial charge on any atom is -0.497 e. The topological polar surface area (TPSA) is 32.8 Å². The van der Waals surface area contributed by atoms with E-state index in [9.17, 15) is 4.79 Å². The van der Waals surface area contributed by atoms with Crippen LogP contribution in [0.15, 0.2) is 24.3 Å². The average Bonchev–Trinajstić information content (AvgIpc) is 2.50. The number of carbonyl (C=O) groups is 1. The van der Waals surface area contributed by atoms with Gasteiger partial charge in [0.1, 0.15) is 5.75 Å². The molecule has 4 heteroatoms. The van der Waals surface area contributed by atoms with Gasteiger partial charge in [-0.2, -0.15) is 0 Å². The molecule has 0 saturated carbocycles. The van der Waals surface area contributed by atoms with Crippen LogP contribution < -0.4 is 9.64 Å². The van der Waals surface area contributed by atoms with Crippen LogP contribution in [0, 0.1) is 0 Å². The van der Waals surface area contributed by atoms with Gasteiger partial charge in [-0.3, -0.25) is 9.69 Å². The maximum atomic E-state index is 12.0. The second-order valence-electron chi connectivity index (χ2n) is 4.33. The number of hydrogen-bond acceptors (Lipinski definition) is 3. The van der Waals surface area contributed by atoms with Crippen LogP contribution in [0.3, 0.4) is 0 Å². The molecule has 1 fully saturated rings. The SMILES string of the molecule is COc1ccc(N2CCCN(C)CC2=O)cc1. The lowest BCUT2D eigenvalue weighted by molar-refractivity contribution is -0.118. The highest BCUT2D eigenvalue weighted by molar-refractivity contribution is 5.95. The zero-order chi connectivity index (χ0) is 12.3. The zero-order valence-electron chi connectivity index (χ0n) is 10.3. The third kappa shape index (κ3) is 2.77. The van der Waals surface area contributed by atoms with Gasteiger partial charge in [0.15, 0.2) is 0 Å². The van der Waals surface area contributed by atoms with E-state index in [4.69, 9.17) is 4.74 Å². The number of likely N-dealkylation sites (N-methyl/N-ethyl adjacent to an activating group) is 1. The van der Waals surface area contributed by atoms with E-state index in [1.54, 1.807) is 7.11 Å². The monoisotopic (exact) mass is 234 g/mol. The predicted molar refractivity (Wildman–Crippen MR) is 67.5 cm³/mol. The molecule has 17 heavy (non-hydrogen) atoms. The Balaban J connectivity index is 2.16. The molecule has 4 nitrogen and oxygen atoms in total. The highest BCUT2D eigenvalue weighted by atomic mass is 16.5. The van der Waals surface area contributed by atoms with Gasteiger partial charge in [0.2, 0.25) is 5.91 Å². The van der Waals surface area contributed by atoms with Crippen LogP contribution in [0.5, 0.6) is 5.75 Å². The molecule has 0 aliphatic carbocycles. The van der Waals surface area contributed by atoms with Crippen LogP contribution >= 0.6 is 0 Å². The van der Waals surface area contributed by atoms with Gasteiger partial charge in [0, 0.05) is 18.8 Å². The largest absolute Gasteiger partial charge is 0.497 e. The van der Waals surface area contributed by atoms with E-state index in [0.717, 1.165) is 30.9 Å². The lowest BCUT2D eigenvalue weighted by Crippen LogP contribution is -2.35. The van der Waals surface area contributed by atoms with E-state index in [1.807, 2.05) is 36.2 Å². The molecule has 1 aromatic rings. The standard InChI is InChI=1S/C13H18N2O2/c1-14-8-3-9-15(13(16)10-14)11-4-6-12(17-2)7-5-11/h4-7H,3,8-10H2,1-2H3. The minimum atomic E-state index is 0.162. The molecule has 1 aliphatic rings. The van der Waals surface area contributed by atoms with Crippen LogP contribution in [0.1, 0.15) is 6.42 Å². The maximum absolute atomic E-state index is 12.0. The van der Waals surface area contributed by atoms with E-state index >= 15 is 0 Å². The molecule has 0 spiro atoms. The summed E-state index contributed by atoms with van der Waals surface area (Å²) in [6.07, 6.45) is 1.01.